The van der Waals surface area contributed by atoms with Gasteiger partial charge in [0.15, 0.2) is 0 Å². The molecule has 0 bridgehead atoms. The first-order valence-corrected chi connectivity index (χ1v) is 26.2. The molecule has 0 unspecified atom stereocenters. The number of nitrogens with zero attached hydrogens (tertiary/aromatic N) is 4. The Hall–Kier alpha value is -7.89. The Morgan fingerprint density at radius 3 is 1.66 bits per heavy atom. The fourth-order valence-electron chi connectivity index (χ4n) is 10.6. The van der Waals surface area contributed by atoms with Crippen molar-refractivity contribution in [1.29, 1.82) is 0 Å². The van der Waals surface area contributed by atoms with E-state index in [4.69, 9.17) is 9.72 Å². The van der Waals surface area contributed by atoms with Gasteiger partial charge in [-0.15, -0.1) is 0 Å². The van der Waals surface area contributed by atoms with Crippen molar-refractivity contribution in [3.63, 3.8) is 0 Å². The van der Waals surface area contributed by atoms with E-state index in [9.17, 15) is 0 Å². The van der Waals surface area contributed by atoms with Crippen molar-refractivity contribution in [2.24, 2.45) is 0 Å². The van der Waals surface area contributed by atoms with Crippen LogP contribution < -0.4 is 14.5 Å². The van der Waals surface area contributed by atoms with Crippen molar-refractivity contribution in [2.75, 3.05) is 16.5 Å². The summed E-state index contributed by atoms with van der Waals surface area (Å²) in [5.74, 6) is 2.41. The molecule has 1 aliphatic rings. The highest BCUT2D eigenvalue weighted by Crippen LogP contribution is 2.50. The number of hydrogen-bond acceptors (Lipinski definition) is 4. The van der Waals surface area contributed by atoms with Crippen molar-refractivity contribution in [3.05, 3.63) is 228 Å². The van der Waals surface area contributed by atoms with E-state index < -0.39 is 0 Å². The maximum atomic E-state index is 7.24. The van der Waals surface area contributed by atoms with Gasteiger partial charge >= 0.3 is 0 Å². The first kappa shape index (κ1) is 48.4. The molecule has 2 aromatic heterocycles. The quantitative estimate of drug-likeness (QED) is 0.144. The second-order valence-electron chi connectivity index (χ2n) is 23.9. The van der Waals surface area contributed by atoms with E-state index in [1.54, 1.807) is 0 Å². The van der Waals surface area contributed by atoms with E-state index in [-0.39, 0.29) is 21.7 Å². The Balaban J connectivity index is 1.08. The summed E-state index contributed by atoms with van der Waals surface area (Å²) in [5, 5.41) is 2.31. The lowest BCUT2D eigenvalue weighted by molar-refractivity contribution is 0.480. The molecule has 5 nitrogen and oxygen atoms in total. The van der Waals surface area contributed by atoms with Crippen LogP contribution in [0.25, 0.3) is 49.9 Å². The summed E-state index contributed by atoms with van der Waals surface area (Å²) >= 11 is 0. The summed E-state index contributed by atoms with van der Waals surface area (Å²) in [7, 11) is 0. The molecule has 0 atom stereocenters. The Morgan fingerprint density at radius 2 is 0.986 bits per heavy atom. The minimum atomic E-state index is -0.354. The van der Waals surface area contributed by atoms with Crippen LogP contribution in [0.15, 0.2) is 200 Å². The molecule has 0 N–H and O–H groups in total. The van der Waals surface area contributed by atoms with E-state index in [0.717, 1.165) is 45.0 Å². The van der Waals surface area contributed by atoms with Crippen LogP contribution in [0.5, 0.6) is 11.5 Å². The third-order valence-electron chi connectivity index (χ3n) is 15.2. The molecule has 10 aromatic rings. The molecule has 0 radical (unpaired) electrons. The summed E-state index contributed by atoms with van der Waals surface area (Å²) in [6.07, 6.45) is 1.94. The average molecular weight is 969 g/mol. The fourth-order valence-corrected chi connectivity index (χ4v) is 10.6. The van der Waals surface area contributed by atoms with Gasteiger partial charge in [-0.3, -0.25) is 4.57 Å². The largest absolute Gasteiger partial charge is 0.457 e. The SMILES string of the molecule is CC(C)(C)c1cc(-c2ccccc2)cc(N2CN(c3cc(Oc4ccc5c6cc(-c7ccccc7)ccc6n(-c6cc(C(C)(C)C)ccn6)c5c4)cc(C(C)(C)c4ccccc4)c3)c3cc(C(C)(C)C)ccc32)c1. The number of anilines is 4. The minimum Gasteiger partial charge on any atom is -0.457 e. The number of aromatic nitrogens is 2. The van der Waals surface area contributed by atoms with E-state index in [0.29, 0.717) is 6.67 Å². The van der Waals surface area contributed by atoms with Gasteiger partial charge in [0, 0.05) is 45.9 Å². The highest BCUT2D eigenvalue weighted by molar-refractivity contribution is 6.10. The van der Waals surface area contributed by atoms with E-state index >= 15 is 0 Å². The Labute approximate surface area is 438 Å². The molecule has 11 rings (SSSR count). The van der Waals surface area contributed by atoms with Crippen LogP contribution in [0.3, 0.4) is 0 Å². The molecule has 0 saturated heterocycles. The van der Waals surface area contributed by atoms with Gasteiger partial charge in [-0.2, -0.15) is 0 Å². The lowest BCUT2D eigenvalue weighted by Crippen LogP contribution is -2.25. The normalized spacial score (nSPS) is 13.2. The maximum absolute atomic E-state index is 7.24. The predicted molar refractivity (Wildman–Crippen MR) is 313 cm³/mol. The first-order chi connectivity index (χ1) is 35.3. The Kier molecular flexibility index (Phi) is 11.9. The fraction of sp³-hybridized carbons (Fsp3) is 0.232. The van der Waals surface area contributed by atoms with Crippen LogP contribution in [0.4, 0.5) is 22.7 Å². The maximum Gasteiger partial charge on any atom is 0.137 e. The molecule has 74 heavy (non-hydrogen) atoms. The lowest BCUT2D eigenvalue weighted by Gasteiger charge is -2.30. The molecule has 0 aliphatic carbocycles. The highest BCUT2D eigenvalue weighted by atomic mass is 16.5. The molecule has 370 valence electrons. The monoisotopic (exact) mass is 969 g/mol. The van der Waals surface area contributed by atoms with Crippen LogP contribution in [-0.4, -0.2) is 16.2 Å². The van der Waals surface area contributed by atoms with Crippen LogP contribution >= 0.6 is 0 Å². The van der Waals surface area contributed by atoms with Crippen molar-refractivity contribution in [1.82, 2.24) is 9.55 Å². The summed E-state index contributed by atoms with van der Waals surface area (Å²) < 4.78 is 9.55. The van der Waals surface area contributed by atoms with Crippen molar-refractivity contribution < 1.29 is 4.74 Å². The van der Waals surface area contributed by atoms with Crippen LogP contribution in [0.2, 0.25) is 0 Å². The molecule has 0 fully saturated rings. The smallest absolute Gasteiger partial charge is 0.137 e. The Bertz CT molecular complexity index is 3700. The molecular formula is C69H68N4O. The molecule has 0 spiro atoms. The molecular weight excluding hydrogens is 901 g/mol. The molecule has 0 amide bonds. The van der Waals surface area contributed by atoms with Gasteiger partial charge in [-0.25, -0.2) is 4.98 Å². The van der Waals surface area contributed by atoms with Crippen molar-refractivity contribution >= 4 is 44.6 Å². The number of fused-ring (bicyclic) bond motifs is 4. The van der Waals surface area contributed by atoms with Gasteiger partial charge in [-0.05, 0) is 139 Å². The minimum absolute atomic E-state index is 0.0514. The van der Waals surface area contributed by atoms with E-state index in [2.05, 4.69) is 285 Å². The van der Waals surface area contributed by atoms with E-state index in [1.807, 2.05) is 6.20 Å². The summed E-state index contributed by atoms with van der Waals surface area (Å²) in [6.45, 7) is 25.9. The first-order valence-electron chi connectivity index (χ1n) is 26.2. The van der Waals surface area contributed by atoms with Crippen LogP contribution in [0.1, 0.15) is 104 Å². The summed E-state index contributed by atoms with van der Waals surface area (Å²) in [6, 6.07) is 71.0. The Morgan fingerprint density at radius 1 is 0.378 bits per heavy atom. The lowest BCUT2D eigenvalue weighted by atomic mass is 9.78. The second-order valence-corrected chi connectivity index (χ2v) is 23.9. The topological polar surface area (TPSA) is 33.5 Å². The van der Waals surface area contributed by atoms with Crippen molar-refractivity contribution in [3.8, 4) is 39.6 Å². The van der Waals surface area contributed by atoms with Gasteiger partial charge in [0.2, 0.25) is 0 Å². The zero-order chi connectivity index (χ0) is 51.7. The van der Waals surface area contributed by atoms with Gasteiger partial charge in [0.25, 0.3) is 0 Å². The van der Waals surface area contributed by atoms with Gasteiger partial charge in [0.1, 0.15) is 24.0 Å². The summed E-state index contributed by atoms with van der Waals surface area (Å²) in [4.78, 5) is 10.0. The van der Waals surface area contributed by atoms with Gasteiger partial charge in [-0.1, -0.05) is 185 Å². The zero-order valence-corrected chi connectivity index (χ0v) is 45.0. The molecule has 5 heteroatoms. The third kappa shape index (κ3) is 9.14. The summed E-state index contributed by atoms with van der Waals surface area (Å²) in [5.41, 5.74) is 17.2. The molecule has 1 aliphatic heterocycles. The predicted octanol–water partition coefficient (Wildman–Crippen LogP) is 18.8. The molecule has 0 saturated carbocycles. The molecule has 3 heterocycles. The highest BCUT2D eigenvalue weighted by Gasteiger charge is 2.33. The number of benzene rings is 8. The van der Waals surface area contributed by atoms with Gasteiger partial charge < -0.3 is 14.5 Å². The third-order valence-corrected chi connectivity index (χ3v) is 15.2. The average Bonchev–Trinajstić information content (AvgIpc) is 3.94. The number of hydrogen-bond donors (Lipinski definition) is 0. The van der Waals surface area contributed by atoms with E-state index in [1.165, 1.54) is 67.0 Å². The number of pyridine rings is 1. The van der Waals surface area contributed by atoms with Crippen LogP contribution in [-0.2, 0) is 21.7 Å². The second kappa shape index (κ2) is 18.2. The van der Waals surface area contributed by atoms with Crippen molar-refractivity contribution in [2.45, 2.75) is 97.8 Å². The number of ether oxygens (including phenoxy) is 1. The number of rotatable bonds is 9. The zero-order valence-electron chi connectivity index (χ0n) is 45.0. The standard InChI is InChI=1S/C69H68N4O/c1-66(2,3)51-28-32-62-64(41-51)72(45-71(62)55-36-49(47-23-17-13-18-24-47)35-53(38-55)68(7,8)9)56-39-54(69(10,11)50-25-19-14-20-26-50)40-58(43-56)74-57-29-30-59-60-37-48(46-21-15-12-16-22-46)27-31-61(60)73(63(59)44-57)65-42-52(33-34-70-65)67(4,5)6/h12-44H,45H2,1-11H3. The van der Waals surface area contributed by atoms with Crippen LogP contribution in [0, 0.1) is 0 Å². The van der Waals surface area contributed by atoms with Gasteiger partial charge in [0.05, 0.1) is 22.4 Å². The molecule has 8 aromatic carbocycles.